The Morgan fingerprint density at radius 2 is 1.90 bits per heavy atom. The number of nitrogen functional groups attached to an aromatic ring is 1. The monoisotopic (exact) mass is 410 g/mol. The molecule has 2 N–H and O–H groups in total. The van der Waals surface area contributed by atoms with Crippen LogP contribution >= 0.6 is 0 Å². The van der Waals surface area contributed by atoms with Crippen LogP contribution in [0.5, 0.6) is 0 Å². The van der Waals surface area contributed by atoms with Gasteiger partial charge < -0.3 is 10.5 Å². The zero-order valence-electron chi connectivity index (χ0n) is 17.0. The molecule has 0 unspecified atom stereocenters. The number of aryl methyl sites for hydroxylation is 1. The second-order valence-electron chi connectivity index (χ2n) is 6.89. The second-order valence-corrected chi connectivity index (χ2v) is 6.89. The molecule has 9 heteroatoms. The minimum absolute atomic E-state index is 0.226. The Morgan fingerprint density at radius 1 is 1.20 bits per heavy atom. The van der Waals surface area contributed by atoms with Crippen LogP contribution < -0.4 is 17.0 Å². The highest BCUT2D eigenvalue weighted by Crippen LogP contribution is 2.19. The molecular formula is C21H22N4O5. The highest BCUT2D eigenvalue weighted by Gasteiger charge is 2.23. The lowest BCUT2D eigenvalue weighted by molar-refractivity contribution is 0.0476. The summed E-state index contributed by atoms with van der Waals surface area (Å²) in [5.74, 6) is -1.72. The lowest BCUT2D eigenvalue weighted by Crippen LogP contribution is -2.43. The van der Waals surface area contributed by atoms with E-state index in [2.05, 4.69) is 4.98 Å². The number of hydrogen-bond donors (Lipinski definition) is 1. The van der Waals surface area contributed by atoms with Crippen molar-refractivity contribution < 1.29 is 14.3 Å². The third-order valence-electron chi connectivity index (χ3n) is 4.71. The minimum atomic E-state index is -0.823. The van der Waals surface area contributed by atoms with Gasteiger partial charge in [-0.25, -0.2) is 9.59 Å². The van der Waals surface area contributed by atoms with Gasteiger partial charge in [-0.15, -0.1) is 0 Å². The number of rotatable bonds is 6. The standard InChI is InChI=1S/C21H22N4O5/c1-4-9-25-18(22)17(19(27)24(3)21(25)29)16(26)11-30-20(28)14-10-12(2)23-15-8-6-5-7-13(14)15/h5-8,10H,4,9,11,22H2,1-3H3. The van der Waals surface area contributed by atoms with Crippen molar-refractivity contribution >= 4 is 28.5 Å². The third-order valence-corrected chi connectivity index (χ3v) is 4.71. The minimum Gasteiger partial charge on any atom is -0.454 e. The summed E-state index contributed by atoms with van der Waals surface area (Å²) >= 11 is 0. The Bertz CT molecular complexity index is 1270. The van der Waals surface area contributed by atoms with E-state index in [1.54, 1.807) is 37.3 Å². The molecule has 0 bridgehead atoms. The number of pyridine rings is 1. The lowest BCUT2D eigenvalue weighted by Gasteiger charge is -2.14. The molecule has 0 fully saturated rings. The summed E-state index contributed by atoms with van der Waals surface area (Å²) in [4.78, 5) is 54.3. The highest BCUT2D eigenvalue weighted by atomic mass is 16.5. The number of para-hydroxylation sites is 1. The van der Waals surface area contributed by atoms with E-state index in [-0.39, 0.29) is 23.5 Å². The Kier molecular flexibility index (Phi) is 5.81. The van der Waals surface area contributed by atoms with Crippen molar-refractivity contribution in [3.63, 3.8) is 0 Å². The first kappa shape index (κ1) is 21.0. The van der Waals surface area contributed by atoms with E-state index in [0.29, 0.717) is 23.0 Å². The Morgan fingerprint density at radius 3 is 2.60 bits per heavy atom. The van der Waals surface area contributed by atoms with E-state index in [4.69, 9.17) is 10.5 Å². The number of fused-ring (bicyclic) bond motifs is 1. The zero-order valence-corrected chi connectivity index (χ0v) is 17.0. The molecule has 0 atom stereocenters. The topological polar surface area (TPSA) is 126 Å². The number of carbonyl (C=O) groups is 2. The van der Waals surface area contributed by atoms with Crippen molar-refractivity contribution in [2.24, 2.45) is 7.05 Å². The van der Waals surface area contributed by atoms with Crippen LogP contribution in [0.2, 0.25) is 0 Å². The number of benzene rings is 1. The fourth-order valence-electron chi connectivity index (χ4n) is 3.24. The van der Waals surface area contributed by atoms with Gasteiger partial charge in [0.25, 0.3) is 5.56 Å². The van der Waals surface area contributed by atoms with Crippen LogP contribution in [0.4, 0.5) is 5.82 Å². The molecule has 30 heavy (non-hydrogen) atoms. The number of hydrogen-bond acceptors (Lipinski definition) is 7. The molecule has 3 aromatic rings. The van der Waals surface area contributed by atoms with Gasteiger partial charge in [0.05, 0.1) is 11.1 Å². The molecule has 0 radical (unpaired) electrons. The van der Waals surface area contributed by atoms with E-state index in [1.807, 2.05) is 6.92 Å². The van der Waals surface area contributed by atoms with Crippen LogP contribution in [-0.2, 0) is 18.3 Å². The van der Waals surface area contributed by atoms with Crippen molar-refractivity contribution in [2.45, 2.75) is 26.8 Å². The summed E-state index contributed by atoms with van der Waals surface area (Å²) < 4.78 is 7.16. The van der Waals surface area contributed by atoms with Crippen LogP contribution in [0, 0.1) is 6.92 Å². The summed E-state index contributed by atoms with van der Waals surface area (Å²) in [6.07, 6.45) is 0.583. The zero-order chi connectivity index (χ0) is 22.0. The van der Waals surface area contributed by atoms with Crippen molar-refractivity contribution in [2.75, 3.05) is 12.3 Å². The summed E-state index contributed by atoms with van der Waals surface area (Å²) in [6.45, 7) is 3.15. The number of carbonyl (C=O) groups excluding carboxylic acids is 2. The number of nitrogens with two attached hydrogens (primary N) is 1. The first-order valence-electron chi connectivity index (χ1n) is 9.42. The lowest BCUT2D eigenvalue weighted by atomic mass is 10.1. The SMILES string of the molecule is CCCn1c(N)c(C(=O)COC(=O)c2cc(C)nc3ccccc23)c(=O)n(C)c1=O. The normalized spacial score (nSPS) is 10.9. The largest absolute Gasteiger partial charge is 0.454 e. The summed E-state index contributed by atoms with van der Waals surface area (Å²) in [5, 5.41) is 0.590. The number of esters is 1. The summed E-state index contributed by atoms with van der Waals surface area (Å²) in [5.41, 5.74) is 5.65. The first-order chi connectivity index (χ1) is 14.3. The fraction of sp³-hybridized carbons (Fsp3) is 0.286. The van der Waals surface area contributed by atoms with Gasteiger partial charge in [-0.3, -0.25) is 23.7 Å². The van der Waals surface area contributed by atoms with E-state index in [0.717, 1.165) is 9.13 Å². The van der Waals surface area contributed by atoms with Crippen LogP contribution in [-0.4, -0.2) is 32.5 Å². The van der Waals surface area contributed by atoms with Crippen LogP contribution in [0.3, 0.4) is 0 Å². The van der Waals surface area contributed by atoms with Crippen LogP contribution in [0.15, 0.2) is 39.9 Å². The molecule has 0 amide bonds. The molecule has 3 rings (SSSR count). The Balaban J connectivity index is 1.91. The predicted molar refractivity (Wildman–Crippen MR) is 112 cm³/mol. The maximum absolute atomic E-state index is 12.7. The number of ketones is 1. The Labute approximate surface area is 171 Å². The first-order valence-corrected chi connectivity index (χ1v) is 9.42. The fourth-order valence-corrected chi connectivity index (χ4v) is 3.24. The van der Waals surface area contributed by atoms with Gasteiger partial charge >= 0.3 is 11.7 Å². The van der Waals surface area contributed by atoms with Gasteiger partial charge in [0.2, 0.25) is 5.78 Å². The number of Topliss-reactive ketones (excluding diaryl/α,β-unsaturated/α-hetero) is 1. The maximum atomic E-state index is 12.7. The highest BCUT2D eigenvalue weighted by molar-refractivity contribution is 6.06. The van der Waals surface area contributed by atoms with Crippen molar-refractivity contribution in [1.82, 2.24) is 14.1 Å². The average Bonchev–Trinajstić information content (AvgIpc) is 2.73. The molecule has 0 aliphatic carbocycles. The molecule has 2 heterocycles. The molecule has 1 aromatic carbocycles. The molecule has 0 spiro atoms. The predicted octanol–water partition coefficient (Wildman–Crippen LogP) is 1.44. The molecule has 0 saturated heterocycles. The average molecular weight is 410 g/mol. The molecule has 0 aliphatic rings. The van der Waals surface area contributed by atoms with Crippen LogP contribution in [0.25, 0.3) is 10.9 Å². The number of nitrogens with zero attached hydrogens (tertiary/aromatic N) is 3. The summed E-state index contributed by atoms with van der Waals surface area (Å²) in [7, 11) is 1.27. The van der Waals surface area contributed by atoms with Gasteiger partial charge in [0.15, 0.2) is 6.61 Å². The third kappa shape index (κ3) is 3.73. The number of ether oxygens (including phenoxy) is 1. The van der Waals surface area contributed by atoms with Crippen molar-refractivity contribution in [3.8, 4) is 0 Å². The van der Waals surface area contributed by atoms with E-state index >= 15 is 0 Å². The van der Waals surface area contributed by atoms with Gasteiger partial charge in [-0.2, -0.15) is 0 Å². The quantitative estimate of drug-likeness (QED) is 0.481. The maximum Gasteiger partial charge on any atom is 0.339 e. The molecular weight excluding hydrogens is 388 g/mol. The molecule has 2 aromatic heterocycles. The van der Waals surface area contributed by atoms with Gasteiger partial charge in [0, 0.05) is 24.7 Å². The molecule has 9 nitrogen and oxygen atoms in total. The van der Waals surface area contributed by atoms with Crippen molar-refractivity contribution in [3.05, 3.63) is 68.0 Å². The Hall–Kier alpha value is -3.75. The summed E-state index contributed by atoms with van der Waals surface area (Å²) in [6, 6.07) is 8.64. The van der Waals surface area contributed by atoms with Gasteiger partial charge in [0.1, 0.15) is 11.4 Å². The van der Waals surface area contributed by atoms with E-state index < -0.39 is 29.6 Å². The smallest absolute Gasteiger partial charge is 0.339 e. The second kappa shape index (κ2) is 8.32. The van der Waals surface area contributed by atoms with Gasteiger partial charge in [-0.1, -0.05) is 25.1 Å². The van der Waals surface area contributed by atoms with E-state index in [1.165, 1.54) is 7.05 Å². The van der Waals surface area contributed by atoms with E-state index in [9.17, 15) is 19.2 Å². The van der Waals surface area contributed by atoms with Crippen LogP contribution in [0.1, 0.15) is 39.8 Å². The molecule has 156 valence electrons. The number of aromatic nitrogens is 3. The molecule has 0 aliphatic heterocycles. The molecule has 0 saturated carbocycles. The van der Waals surface area contributed by atoms with Gasteiger partial charge in [-0.05, 0) is 25.5 Å². The number of anilines is 1. The van der Waals surface area contributed by atoms with Crippen molar-refractivity contribution in [1.29, 1.82) is 0 Å².